The lowest BCUT2D eigenvalue weighted by Crippen LogP contribution is -2.58. The second kappa shape index (κ2) is 9.25. The zero-order chi connectivity index (χ0) is 24.6. The topological polar surface area (TPSA) is 98.3 Å². The van der Waals surface area contributed by atoms with Gasteiger partial charge in [-0.1, -0.05) is 6.07 Å². The van der Waals surface area contributed by atoms with Crippen LogP contribution in [0.25, 0.3) is 11.3 Å². The van der Waals surface area contributed by atoms with Crippen LogP contribution in [0.4, 0.5) is 13.2 Å². The molecule has 0 saturated carbocycles. The molecule has 1 aromatic carbocycles. The van der Waals surface area contributed by atoms with Gasteiger partial charge in [-0.3, -0.25) is 9.78 Å². The molecule has 4 rings (SSSR count). The minimum Gasteiger partial charge on any atom is -0.386 e. The molecular weight excluding hydrogens is 447 g/mol. The predicted molar refractivity (Wildman–Crippen MR) is 118 cm³/mol. The van der Waals surface area contributed by atoms with Crippen molar-refractivity contribution in [3.63, 3.8) is 0 Å². The lowest BCUT2D eigenvalue weighted by Gasteiger charge is -2.44. The predicted octanol–water partition coefficient (Wildman–Crippen LogP) is 3.91. The van der Waals surface area contributed by atoms with Crippen molar-refractivity contribution >= 4 is 5.78 Å². The monoisotopic (exact) mass is 471 g/mol. The van der Waals surface area contributed by atoms with Crippen molar-refractivity contribution in [2.24, 2.45) is 5.73 Å². The molecule has 6 nitrogen and oxygen atoms in total. The normalized spacial score (nSPS) is 24.7. The molecule has 1 aliphatic heterocycles. The standard InChI is InChI=1S/C25H24F3N3O3/c1-13-25(2,33)22(29)11-21(34-13)15-8-9-30-12-14(15)10-20(32)19-7-6-18(28)24(31-19)23-16(26)4-3-5-17(23)27/h3-9,12-13,21-22,33H,10-11,29H2,1-2H3/t13-,21-,22-,25-/m1/s1. The number of aromatic nitrogens is 2. The van der Waals surface area contributed by atoms with Gasteiger partial charge in [0.2, 0.25) is 0 Å². The van der Waals surface area contributed by atoms with E-state index in [0.29, 0.717) is 17.5 Å². The minimum absolute atomic E-state index is 0.147. The van der Waals surface area contributed by atoms with Crippen molar-refractivity contribution in [1.82, 2.24) is 9.97 Å². The number of benzene rings is 1. The van der Waals surface area contributed by atoms with Gasteiger partial charge >= 0.3 is 0 Å². The van der Waals surface area contributed by atoms with Crippen LogP contribution in [-0.4, -0.2) is 38.6 Å². The Morgan fingerprint density at radius 1 is 1.18 bits per heavy atom. The number of carbonyl (C=O) groups excluding carboxylic acids is 1. The maximum absolute atomic E-state index is 14.4. The fraction of sp³-hybridized carbons (Fsp3) is 0.320. The van der Waals surface area contributed by atoms with Crippen LogP contribution in [0.3, 0.4) is 0 Å². The molecule has 3 heterocycles. The first kappa shape index (κ1) is 24.0. The van der Waals surface area contributed by atoms with Crippen LogP contribution in [0.15, 0.2) is 48.8 Å². The Morgan fingerprint density at radius 3 is 2.56 bits per heavy atom. The fourth-order valence-corrected chi connectivity index (χ4v) is 4.07. The summed E-state index contributed by atoms with van der Waals surface area (Å²) >= 11 is 0. The molecule has 3 aromatic rings. The third kappa shape index (κ3) is 4.46. The smallest absolute Gasteiger partial charge is 0.185 e. The van der Waals surface area contributed by atoms with E-state index < -0.39 is 58.3 Å². The van der Waals surface area contributed by atoms with Gasteiger partial charge in [-0.15, -0.1) is 0 Å². The first-order valence-corrected chi connectivity index (χ1v) is 10.8. The van der Waals surface area contributed by atoms with Crippen molar-refractivity contribution in [3.8, 4) is 11.3 Å². The number of aliphatic hydroxyl groups is 1. The summed E-state index contributed by atoms with van der Waals surface area (Å²) in [7, 11) is 0. The van der Waals surface area contributed by atoms with Crippen LogP contribution in [0.1, 0.15) is 48.0 Å². The first-order valence-electron chi connectivity index (χ1n) is 10.8. The van der Waals surface area contributed by atoms with E-state index in [9.17, 15) is 23.1 Å². The van der Waals surface area contributed by atoms with E-state index in [2.05, 4.69) is 9.97 Å². The molecule has 2 aromatic heterocycles. The summed E-state index contributed by atoms with van der Waals surface area (Å²) in [4.78, 5) is 21.1. The lowest BCUT2D eigenvalue weighted by molar-refractivity contribution is -0.171. The summed E-state index contributed by atoms with van der Waals surface area (Å²) in [5.41, 5.74) is 4.83. The lowest BCUT2D eigenvalue weighted by atomic mass is 9.82. The van der Waals surface area contributed by atoms with E-state index in [-0.39, 0.29) is 12.1 Å². The van der Waals surface area contributed by atoms with Gasteiger partial charge in [0, 0.05) is 24.9 Å². The number of nitrogens with two attached hydrogens (primary N) is 1. The number of halogens is 3. The molecule has 4 atom stereocenters. The highest BCUT2D eigenvalue weighted by Crippen LogP contribution is 2.37. The molecular formula is C25H24F3N3O3. The molecule has 34 heavy (non-hydrogen) atoms. The van der Waals surface area contributed by atoms with Crippen LogP contribution < -0.4 is 5.73 Å². The highest BCUT2D eigenvalue weighted by Gasteiger charge is 2.43. The maximum Gasteiger partial charge on any atom is 0.185 e. The molecule has 0 unspecified atom stereocenters. The zero-order valence-electron chi connectivity index (χ0n) is 18.6. The Morgan fingerprint density at radius 2 is 1.88 bits per heavy atom. The summed E-state index contributed by atoms with van der Waals surface area (Å²) in [6.45, 7) is 3.34. The number of ether oxygens (including phenoxy) is 1. The number of hydrogen-bond donors (Lipinski definition) is 2. The van der Waals surface area contributed by atoms with Crippen molar-refractivity contribution in [2.45, 2.75) is 50.5 Å². The van der Waals surface area contributed by atoms with Crippen LogP contribution in [0.2, 0.25) is 0 Å². The molecule has 1 aliphatic rings. The number of hydrogen-bond acceptors (Lipinski definition) is 6. The molecule has 0 radical (unpaired) electrons. The minimum atomic E-state index is -1.20. The Bertz CT molecular complexity index is 1200. The summed E-state index contributed by atoms with van der Waals surface area (Å²) < 4.78 is 48.8. The SMILES string of the molecule is C[C@H]1O[C@@H](c2ccncc2CC(=O)c2ccc(F)c(-c3c(F)cccc3F)n2)C[C@@H](N)[C@]1(C)O. The molecule has 9 heteroatoms. The highest BCUT2D eigenvalue weighted by molar-refractivity contribution is 5.96. The quantitative estimate of drug-likeness (QED) is 0.548. The van der Waals surface area contributed by atoms with Gasteiger partial charge in [-0.05, 0) is 61.7 Å². The summed E-state index contributed by atoms with van der Waals surface area (Å²) in [5, 5.41) is 10.5. The van der Waals surface area contributed by atoms with Crippen molar-refractivity contribution < 1.29 is 27.8 Å². The van der Waals surface area contributed by atoms with E-state index in [1.54, 1.807) is 26.1 Å². The van der Waals surface area contributed by atoms with Gasteiger partial charge in [-0.25, -0.2) is 18.2 Å². The van der Waals surface area contributed by atoms with E-state index in [1.165, 1.54) is 12.3 Å². The van der Waals surface area contributed by atoms with Crippen LogP contribution in [0.5, 0.6) is 0 Å². The second-order valence-electron chi connectivity index (χ2n) is 8.63. The van der Waals surface area contributed by atoms with Crippen LogP contribution in [-0.2, 0) is 11.2 Å². The first-order chi connectivity index (χ1) is 16.1. The molecule has 0 amide bonds. The van der Waals surface area contributed by atoms with Gasteiger partial charge in [0.25, 0.3) is 0 Å². The molecule has 0 spiro atoms. The van der Waals surface area contributed by atoms with Crippen LogP contribution in [0, 0.1) is 17.5 Å². The highest BCUT2D eigenvalue weighted by atomic mass is 19.1. The van der Waals surface area contributed by atoms with Gasteiger partial charge in [-0.2, -0.15) is 0 Å². The molecule has 0 aliphatic carbocycles. The van der Waals surface area contributed by atoms with Crippen LogP contribution >= 0.6 is 0 Å². The van der Waals surface area contributed by atoms with E-state index in [4.69, 9.17) is 10.5 Å². The number of carbonyl (C=O) groups is 1. The molecule has 1 saturated heterocycles. The van der Waals surface area contributed by atoms with Gasteiger partial charge in [0.15, 0.2) is 5.78 Å². The van der Waals surface area contributed by atoms with E-state index in [1.807, 2.05) is 0 Å². The fourth-order valence-electron chi connectivity index (χ4n) is 4.07. The van der Waals surface area contributed by atoms with Crippen molar-refractivity contribution in [2.75, 3.05) is 0 Å². The number of pyridine rings is 2. The number of rotatable bonds is 5. The van der Waals surface area contributed by atoms with Gasteiger partial charge < -0.3 is 15.6 Å². The third-order valence-corrected chi connectivity index (χ3v) is 6.38. The maximum atomic E-state index is 14.4. The largest absolute Gasteiger partial charge is 0.386 e. The Kier molecular flexibility index (Phi) is 6.53. The average Bonchev–Trinajstić information content (AvgIpc) is 2.79. The third-order valence-electron chi connectivity index (χ3n) is 6.38. The number of ketones is 1. The molecule has 0 bridgehead atoms. The van der Waals surface area contributed by atoms with Crippen molar-refractivity contribution in [3.05, 3.63) is 83.1 Å². The van der Waals surface area contributed by atoms with Gasteiger partial charge in [0.1, 0.15) is 34.4 Å². The number of nitrogens with zero attached hydrogens (tertiary/aromatic N) is 2. The van der Waals surface area contributed by atoms with Gasteiger partial charge in [0.05, 0.1) is 17.8 Å². The summed E-state index contributed by atoms with van der Waals surface area (Å²) in [6, 6.07) is 6.43. The Hall–Kier alpha value is -3.14. The number of Topliss-reactive ketones (excluding diaryl/α,β-unsaturated/α-hetero) is 1. The summed E-state index contributed by atoms with van der Waals surface area (Å²) in [6.07, 6.45) is 2.23. The Balaban J connectivity index is 1.63. The average molecular weight is 471 g/mol. The molecule has 3 N–H and O–H groups in total. The molecule has 178 valence electrons. The second-order valence-corrected chi connectivity index (χ2v) is 8.63. The van der Waals surface area contributed by atoms with E-state index in [0.717, 1.165) is 24.3 Å². The van der Waals surface area contributed by atoms with E-state index >= 15 is 0 Å². The summed E-state index contributed by atoms with van der Waals surface area (Å²) in [5.74, 6) is -3.41. The Labute approximate surface area is 194 Å². The van der Waals surface area contributed by atoms with Crippen molar-refractivity contribution in [1.29, 1.82) is 0 Å². The zero-order valence-corrected chi connectivity index (χ0v) is 18.6. The molecule has 1 fully saturated rings.